The highest BCUT2D eigenvalue weighted by atomic mass is 16.6. The van der Waals surface area contributed by atoms with Gasteiger partial charge in [0.15, 0.2) is 6.10 Å². The predicted octanol–water partition coefficient (Wildman–Crippen LogP) is 2.34. The van der Waals surface area contributed by atoms with Gasteiger partial charge in [0, 0.05) is 12.5 Å². The molecule has 1 aromatic rings. The van der Waals surface area contributed by atoms with Crippen molar-refractivity contribution in [3.8, 4) is 0 Å². The van der Waals surface area contributed by atoms with Crippen LogP contribution >= 0.6 is 0 Å². The normalized spacial score (nSPS) is 20.2. The van der Waals surface area contributed by atoms with Crippen LogP contribution in [0.5, 0.6) is 0 Å². The Hall–Kier alpha value is -1.39. The molecule has 104 valence electrons. The highest BCUT2D eigenvalue weighted by Gasteiger charge is 2.25. The Kier molecular flexibility index (Phi) is 5.36. The van der Waals surface area contributed by atoms with Crippen LogP contribution in [0.1, 0.15) is 25.0 Å². The van der Waals surface area contributed by atoms with Crippen molar-refractivity contribution < 1.29 is 19.0 Å². The van der Waals surface area contributed by atoms with Gasteiger partial charge in [-0.1, -0.05) is 30.3 Å². The molecule has 1 aromatic carbocycles. The average molecular weight is 264 g/mol. The molecule has 2 unspecified atom stereocenters. The third kappa shape index (κ3) is 4.04. The van der Waals surface area contributed by atoms with E-state index in [1.54, 1.807) is 6.92 Å². The van der Waals surface area contributed by atoms with E-state index in [2.05, 4.69) is 0 Å². The van der Waals surface area contributed by atoms with Crippen molar-refractivity contribution >= 4 is 5.97 Å². The molecule has 2 atom stereocenters. The van der Waals surface area contributed by atoms with E-state index in [0.29, 0.717) is 25.7 Å². The summed E-state index contributed by atoms with van der Waals surface area (Å²) in [6, 6.07) is 9.46. The molecule has 0 N–H and O–H groups in total. The highest BCUT2D eigenvalue weighted by Crippen LogP contribution is 2.22. The molecule has 0 bridgehead atoms. The topological polar surface area (TPSA) is 44.8 Å². The molecule has 1 aliphatic rings. The Morgan fingerprint density at radius 2 is 2.21 bits per heavy atom. The molecule has 1 fully saturated rings. The van der Waals surface area contributed by atoms with Crippen LogP contribution in [-0.4, -0.2) is 32.4 Å². The maximum absolute atomic E-state index is 12.0. The number of ether oxygens (including phenoxy) is 3. The monoisotopic (exact) mass is 264 g/mol. The van der Waals surface area contributed by atoms with Gasteiger partial charge in [-0.05, 0) is 18.9 Å². The molecule has 4 heteroatoms. The summed E-state index contributed by atoms with van der Waals surface area (Å²) in [5.74, 6) is 0.0493. The molecule has 0 amide bonds. The van der Waals surface area contributed by atoms with Gasteiger partial charge in [-0.3, -0.25) is 0 Å². The van der Waals surface area contributed by atoms with Crippen molar-refractivity contribution in [3.05, 3.63) is 35.9 Å². The van der Waals surface area contributed by atoms with Crippen LogP contribution in [-0.2, 0) is 19.0 Å². The lowest BCUT2D eigenvalue weighted by molar-refractivity contribution is -0.158. The average Bonchev–Trinajstić information content (AvgIpc) is 2.94. The molecule has 1 aliphatic heterocycles. The van der Waals surface area contributed by atoms with Gasteiger partial charge in [-0.15, -0.1) is 0 Å². The SMILES string of the molecule is CCOC(=O)C(OCC1CCOC1)c1ccccc1. The molecule has 1 saturated heterocycles. The van der Waals surface area contributed by atoms with Crippen LogP contribution in [0, 0.1) is 5.92 Å². The van der Waals surface area contributed by atoms with Gasteiger partial charge in [0.25, 0.3) is 0 Å². The Labute approximate surface area is 113 Å². The summed E-state index contributed by atoms with van der Waals surface area (Å²) in [7, 11) is 0. The van der Waals surface area contributed by atoms with Crippen molar-refractivity contribution in [1.29, 1.82) is 0 Å². The van der Waals surface area contributed by atoms with E-state index in [0.717, 1.165) is 18.6 Å². The number of rotatable bonds is 6. The van der Waals surface area contributed by atoms with Gasteiger partial charge < -0.3 is 14.2 Å². The number of benzene rings is 1. The lowest BCUT2D eigenvalue weighted by Crippen LogP contribution is -2.22. The fourth-order valence-corrected chi connectivity index (χ4v) is 2.09. The van der Waals surface area contributed by atoms with Crippen molar-refractivity contribution in [2.24, 2.45) is 5.92 Å². The number of hydrogen-bond donors (Lipinski definition) is 0. The van der Waals surface area contributed by atoms with Crippen LogP contribution in [0.25, 0.3) is 0 Å². The van der Waals surface area contributed by atoms with E-state index >= 15 is 0 Å². The van der Waals surface area contributed by atoms with Gasteiger partial charge in [-0.25, -0.2) is 4.79 Å². The first-order valence-corrected chi connectivity index (χ1v) is 6.72. The number of esters is 1. The van der Waals surface area contributed by atoms with Gasteiger partial charge in [0.2, 0.25) is 0 Å². The second-order valence-corrected chi connectivity index (χ2v) is 4.61. The van der Waals surface area contributed by atoms with Crippen molar-refractivity contribution in [2.75, 3.05) is 26.4 Å². The molecular formula is C15H20O4. The first-order chi connectivity index (χ1) is 9.31. The van der Waals surface area contributed by atoms with Gasteiger partial charge in [-0.2, -0.15) is 0 Å². The maximum atomic E-state index is 12.0. The highest BCUT2D eigenvalue weighted by molar-refractivity contribution is 5.76. The summed E-state index contributed by atoms with van der Waals surface area (Å²) in [6.45, 7) is 4.18. The molecule has 0 aliphatic carbocycles. The van der Waals surface area contributed by atoms with Crippen molar-refractivity contribution in [3.63, 3.8) is 0 Å². The van der Waals surface area contributed by atoms with E-state index in [1.165, 1.54) is 0 Å². The van der Waals surface area contributed by atoms with Crippen LogP contribution in [0.15, 0.2) is 30.3 Å². The minimum Gasteiger partial charge on any atom is -0.464 e. The van der Waals surface area contributed by atoms with E-state index in [4.69, 9.17) is 14.2 Å². The van der Waals surface area contributed by atoms with E-state index in [-0.39, 0.29) is 5.97 Å². The first-order valence-electron chi connectivity index (χ1n) is 6.72. The Bertz CT molecular complexity index is 384. The maximum Gasteiger partial charge on any atom is 0.339 e. The van der Waals surface area contributed by atoms with Gasteiger partial charge >= 0.3 is 5.97 Å². The molecule has 0 saturated carbocycles. The standard InChI is InChI=1S/C15H20O4/c1-2-18-15(16)14(13-6-4-3-5-7-13)19-11-12-8-9-17-10-12/h3-7,12,14H,2,8-11H2,1H3. The summed E-state index contributed by atoms with van der Waals surface area (Å²) < 4.78 is 16.2. The molecule has 1 heterocycles. The molecule has 0 aromatic heterocycles. The largest absolute Gasteiger partial charge is 0.464 e. The minimum atomic E-state index is -0.637. The summed E-state index contributed by atoms with van der Waals surface area (Å²) in [5.41, 5.74) is 0.833. The molecule has 0 spiro atoms. The van der Waals surface area contributed by atoms with Crippen LogP contribution in [0.3, 0.4) is 0 Å². The quantitative estimate of drug-likeness (QED) is 0.740. The molecular weight excluding hydrogens is 244 g/mol. The third-order valence-corrected chi connectivity index (χ3v) is 3.13. The number of hydrogen-bond acceptors (Lipinski definition) is 4. The zero-order chi connectivity index (χ0) is 13.5. The fraction of sp³-hybridized carbons (Fsp3) is 0.533. The molecule has 19 heavy (non-hydrogen) atoms. The lowest BCUT2D eigenvalue weighted by atomic mass is 10.1. The Balaban J connectivity index is 1.99. The Morgan fingerprint density at radius 3 is 2.84 bits per heavy atom. The Morgan fingerprint density at radius 1 is 1.42 bits per heavy atom. The summed E-state index contributed by atoms with van der Waals surface area (Å²) in [6.07, 6.45) is 0.353. The predicted molar refractivity (Wildman–Crippen MR) is 70.7 cm³/mol. The van der Waals surface area contributed by atoms with Crippen LogP contribution in [0.4, 0.5) is 0 Å². The second kappa shape index (κ2) is 7.26. The van der Waals surface area contributed by atoms with E-state index in [9.17, 15) is 4.79 Å². The minimum absolute atomic E-state index is 0.326. The molecule has 0 radical (unpaired) electrons. The van der Waals surface area contributed by atoms with Crippen molar-refractivity contribution in [2.45, 2.75) is 19.4 Å². The molecule has 4 nitrogen and oxygen atoms in total. The van der Waals surface area contributed by atoms with E-state index in [1.807, 2.05) is 30.3 Å². The fourth-order valence-electron chi connectivity index (χ4n) is 2.09. The smallest absolute Gasteiger partial charge is 0.339 e. The second-order valence-electron chi connectivity index (χ2n) is 4.61. The number of carbonyl (C=O) groups excluding carboxylic acids is 1. The molecule has 2 rings (SSSR count). The van der Waals surface area contributed by atoms with Gasteiger partial charge in [0.05, 0.1) is 19.8 Å². The van der Waals surface area contributed by atoms with Crippen molar-refractivity contribution in [1.82, 2.24) is 0 Å². The van der Waals surface area contributed by atoms with Crippen LogP contribution in [0.2, 0.25) is 0 Å². The summed E-state index contributed by atoms with van der Waals surface area (Å²) >= 11 is 0. The first kappa shape index (κ1) is 14.0. The third-order valence-electron chi connectivity index (χ3n) is 3.13. The summed E-state index contributed by atoms with van der Waals surface area (Å²) in [4.78, 5) is 12.0. The van der Waals surface area contributed by atoms with Gasteiger partial charge in [0.1, 0.15) is 0 Å². The van der Waals surface area contributed by atoms with Crippen LogP contribution < -0.4 is 0 Å². The zero-order valence-corrected chi connectivity index (χ0v) is 11.2. The summed E-state index contributed by atoms with van der Waals surface area (Å²) in [5, 5.41) is 0. The number of carbonyl (C=O) groups is 1. The lowest BCUT2D eigenvalue weighted by Gasteiger charge is -2.18. The zero-order valence-electron chi connectivity index (χ0n) is 11.2. The van der Waals surface area contributed by atoms with E-state index < -0.39 is 6.10 Å².